The Hall–Kier alpha value is -5.95. The van der Waals surface area contributed by atoms with Crippen LogP contribution in [0.15, 0.2) is 131 Å². The maximum atomic E-state index is 15.2. The highest BCUT2D eigenvalue weighted by molar-refractivity contribution is 7.99. The van der Waals surface area contributed by atoms with Gasteiger partial charge in [-0.25, -0.2) is 8.42 Å². The van der Waals surface area contributed by atoms with E-state index in [1.165, 1.54) is 24.1 Å². The van der Waals surface area contributed by atoms with Crippen LogP contribution in [-0.4, -0.2) is 111 Å². The number of piperidine rings is 1. The second-order valence-electron chi connectivity index (χ2n) is 16.6. The Labute approximate surface area is 396 Å². The number of amides is 1. The summed E-state index contributed by atoms with van der Waals surface area (Å²) >= 11 is 7.80. The van der Waals surface area contributed by atoms with Crippen molar-refractivity contribution in [3.05, 3.63) is 148 Å². The molecule has 2 unspecified atom stereocenters. The highest BCUT2D eigenvalue weighted by Crippen LogP contribution is 2.50. The van der Waals surface area contributed by atoms with Gasteiger partial charge in [-0.1, -0.05) is 54.1 Å². The number of carbonyl (C=O) groups is 1. The van der Waals surface area contributed by atoms with Crippen LogP contribution in [0.2, 0.25) is 5.02 Å². The van der Waals surface area contributed by atoms with Gasteiger partial charge in [-0.3, -0.25) is 19.6 Å². The lowest BCUT2D eigenvalue weighted by atomic mass is 9.85. The molecule has 3 heterocycles. The predicted octanol–water partition coefficient (Wildman–Crippen LogP) is 8.92. The first-order chi connectivity index (χ1) is 32.1. The Morgan fingerprint density at radius 3 is 2.13 bits per heavy atom. The molecule has 0 saturated carbocycles. The molecule has 3 N–H and O–H groups in total. The first-order valence-corrected chi connectivity index (χ1v) is 24.6. The van der Waals surface area contributed by atoms with Gasteiger partial charge in [-0.15, -0.1) is 11.8 Å². The van der Waals surface area contributed by atoms with Crippen LogP contribution in [0.25, 0.3) is 11.3 Å². The number of alkyl halides is 3. The quantitative estimate of drug-likeness (QED) is 0.0424. The van der Waals surface area contributed by atoms with Crippen molar-refractivity contribution >= 4 is 79.0 Å². The van der Waals surface area contributed by atoms with E-state index in [0.717, 1.165) is 27.2 Å². The fourth-order valence-electron chi connectivity index (χ4n) is 8.99. The minimum absolute atomic E-state index is 0.159. The molecule has 0 bridgehead atoms. The standard InChI is InChI=1S/C48H49ClF3N7O6S2/c1-55-45(32-10-12-34(49)13-11-32)43(44(46(55)48(50,51)52)47(61)58-23-20-38(60)21-24-58)33-6-5-7-37(30-33)57-27-25-56(26-28-57)36-16-14-35(15-17-36)54-67(64,65)40-18-19-41(42(31-40)59(62)63)53-22-29-66-39-8-3-2-4-9-39/h2-19,30-31,38,44,46,53-54,60H,20-29H2,1H3. The zero-order valence-electron chi connectivity index (χ0n) is 36.4. The molecule has 3 aliphatic heterocycles. The molecule has 19 heteroatoms. The van der Waals surface area contributed by atoms with Crippen LogP contribution < -0.4 is 19.8 Å². The van der Waals surface area contributed by atoms with Crippen LogP contribution in [0, 0.1) is 16.0 Å². The number of hydrogen-bond donors (Lipinski definition) is 3. The number of rotatable bonds is 14. The molecule has 13 nitrogen and oxygen atoms in total. The maximum absolute atomic E-state index is 15.2. The first-order valence-electron chi connectivity index (χ1n) is 21.8. The summed E-state index contributed by atoms with van der Waals surface area (Å²) in [5, 5.41) is 25.6. The average molecular weight is 977 g/mol. The number of likely N-dealkylation sites (tertiary alicyclic amines) is 1. The van der Waals surface area contributed by atoms with Gasteiger partial charge in [0.25, 0.3) is 15.7 Å². The lowest BCUT2D eigenvalue weighted by molar-refractivity contribution is -0.384. The summed E-state index contributed by atoms with van der Waals surface area (Å²) in [7, 11) is -2.81. The van der Waals surface area contributed by atoms with Crippen LogP contribution in [0.1, 0.15) is 24.0 Å². The monoisotopic (exact) mass is 975 g/mol. The van der Waals surface area contributed by atoms with Crippen molar-refractivity contribution in [3.8, 4) is 0 Å². The van der Waals surface area contributed by atoms with Crippen LogP contribution in [0.5, 0.6) is 0 Å². The van der Waals surface area contributed by atoms with Gasteiger partial charge in [0.1, 0.15) is 11.7 Å². The number of sulfonamides is 1. The molecule has 1 amide bonds. The molecule has 2 atom stereocenters. The molecule has 2 fully saturated rings. The number of nitrogens with zero attached hydrogens (tertiary/aromatic N) is 5. The Morgan fingerprint density at radius 1 is 0.836 bits per heavy atom. The van der Waals surface area contributed by atoms with Gasteiger partial charge in [0.2, 0.25) is 5.91 Å². The van der Waals surface area contributed by atoms with Crippen molar-refractivity contribution < 1.29 is 36.4 Å². The smallest absolute Gasteiger partial charge is 0.393 e. The van der Waals surface area contributed by atoms with E-state index in [2.05, 4.69) is 19.8 Å². The summed E-state index contributed by atoms with van der Waals surface area (Å²) in [5.41, 5.74) is 3.30. The lowest BCUT2D eigenvalue weighted by Crippen LogP contribution is -2.51. The number of hydrogen-bond acceptors (Lipinski definition) is 11. The molecule has 3 aliphatic rings. The van der Waals surface area contributed by atoms with Crippen molar-refractivity contribution in [1.29, 1.82) is 0 Å². The molecule has 67 heavy (non-hydrogen) atoms. The third-order valence-electron chi connectivity index (χ3n) is 12.3. The number of halogens is 4. The van der Waals surface area contributed by atoms with Crippen LogP contribution in [0.3, 0.4) is 0 Å². The third kappa shape index (κ3) is 10.8. The van der Waals surface area contributed by atoms with Gasteiger partial charge < -0.3 is 30.0 Å². The first kappa shape index (κ1) is 47.5. The summed E-state index contributed by atoms with van der Waals surface area (Å²) in [4.78, 5) is 33.4. The molecule has 0 radical (unpaired) electrons. The number of piperazine rings is 1. The number of aliphatic hydroxyl groups is 1. The normalized spacial score (nSPS) is 18.4. The van der Waals surface area contributed by atoms with Crippen molar-refractivity contribution in [2.24, 2.45) is 5.92 Å². The lowest BCUT2D eigenvalue weighted by Gasteiger charge is -2.38. The van der Waals surface area contributed by atoms with Crippen molar-refractivity contribution in [1.82, 2.24) is 9.80 Å². The maximum Gasteiger partial charge on any atom is 0.409 e. The van der Waals surface area contributed by atoms with E-state index < -0.39 is 45.1 Å². The zero-order valence-corrected chi connectivity index (χ0v) is 38.8. The van der Waals surface area contributed by atoms with Gasteiger partial charge in [-0.2, -0.15) is 13.2 Å². The Morgan fingerprint density at radius 2 is 1.49 bits per heavy atom. The average Bonchev–Trinajstić information content (AvgIpc) is 3.64. The molecule has 5 aromatic rings. The third-order valence-corrected chi connectivity index (χ3v) is 15.0. The molecule has 352 valence electrons. The SMILES string of the molecule is CN1C(c2ccc(Cl)cc2)=C(c2cccc(N3CCN(c4ccc(NS(=O)(=O)c5ccc(NCCSc6ccccc6)c([N+](=O)[O-])c5)cc4)CC3)c2)C(C(=O)N2CCC(O)CC2)C1C(F)(F)F. The fourth-order valence-corrected chi connectivity index (χ4v) is 11.0. The number of aliphatic hydroxyl groups excluding tert-OH is 1. The topological polar surface area (TPSA) is 152 Å². The highest BCUT2D eigenvalue weighted by Gasteiger charge is 2.57. The van der Waals surface area contributed by atoms with Gasteiger partial charge in [0, 0.05) is 97.4 Å². The summed E-state index contributed by atoms with van der Waals surface area (Å²) in [6.45, 7) is 3.00. The van der Waals surface area contributed by atoms with Crippen molar-refractivity contribution in [3.63, 3.8) is 0 Å². The molecule has 2 saturated heterocycles. The van der Waals surface area contributed by atoms with Crippen molar-refractivity contribution in [2.75, 3.05) is 78.5 Å². The van der Waals surface area contributed by atoms with E-state index in [0.29, 0.717) is 60.3 Å². The molecule has 0 aromatic heterocycles. The zero-order chi connectivity index (χ0) is 47.5. The molecule has 5 aromatic carbocycles. The second kappa shape index (κ2) is 20.1. The van der Waals surface area contributed by atoms with Gasteiger partial charge in [0.05, 0.1) is 21.8 Å². The number of carbonyl (C=O) groups excluding carboxylic acids is 1. The molecular weight excluding hydrogens is 927 g/mol. The predicted molar refractivity (Wildman–Crippen MR) is 258 cm³/mol. The van der Waals surface area contributed by atoms with E-state index in [-0.39, 0.29) is 53.5 Å². The summed E-state index contributed by atoms with van der Waals surface area (Å²) in [6, 6.07) is 32.0. The number of nitro benzene ring substituents is 1. The molecule has 8 rings (SSSR count). The number of benzene rings is 5. The molecule has 0 aliphatic carbocycles. The van der Waals surface area contributed by atoms with E-state index in [1.54, 1.807) is 72.4 Å². The summed E-state index contributed by atoms with van der Waals surface area (Å²) < 4.78 is 74.9. The van der Waals surface area contributed by atoms with E-state index >= 15 is 13.2 Å². The minimum Gasteiger partial charge on any atom is -0.393 e. The molecule has 0 spiro atoms. The van der Waals surface area contributed by atoms with Gasteiger partial charge >= 0.3 is 6.18 Å². The summed E-state index contributed by atoms with van der Waals surface area (Å²) in [6.07, 6.45) is -4.79. The summed E-state index contributed by atoms with van der Waals surface area (Å²) in [5.74, 6) is -1.55. The van der Waals surface area contributed by atoms with Crippen LogP contribution in [-0.2, 0) is 14.8 Å². The Bertz CT molecular complexity index is 2720. The van der Waals surface area contributed by atoms with Gasteiger partial charge in [-0.05, 0) is 102 Å². The fraction of sp³-hybridized carbons (Fsp3) is 0.312. The number of anilines is 4. The number of nitrogens with one attached hydrogen (secondary N) is 2. The largest absolute Gasteiger partial charge is 0.409 e. The van der Waals surface area contributed by atoms with Gasteiger partial charge in [0.15, 0.2) is 0 Å². The van der Waals surface area contributed by atoms with Crippen LogP contribution >= 0.6 is 23.4 Å². The Balaban J connectivity index is 0.954. The van der Waals surface area contributed by atoms with E-state index in [9.17, 15) is 28.4 Å². The number of nitro groups is 1. The van der Waals surface area contributed by atoms with Crippen molar-refractivity contribution in [2.45, 2.75) is 41.0 Å². The minimum atomic E-state index is -4.75. The highest BCUT2D eigenvalue weighted by atomic mass is 35.5. The van der Waals surface area contributed by atoms with E-state index in [4.69, 9.17) is 11.6 Å². The Kier molecular flexibility index (Phi) is 14.3. The van der Waals surface area contributed by atoms with E-state index in [1.807, 2.05) is 42.5 Å². The molecular formula is C48H49ClF3N7O6S2. The second-order valence-corrected chi connectivity index (χ2v) is 19.9. The van der Waals surface area contributed by atoms with Crippen LogP contribution in [0.4, 0.5) is 41.6 Å². The number of thioether (sulfide) groups is 1.